The maximum Gasteiger partial charge on any atom is 0.143 e. The molecule has 2 aromatic rings. The number of halogens is 4. The van der Waals surface area contributed by atoms with Crippen LogP contribution in [0.15, 0.2) is 34.8 Å². The molecule has 0 saturated carbocycles. The lowest BCUT2D eigenvalue weighted by molar-refractivity contribution is 0.175. The third-order valence-corrected chi connectivity index (χ3v) is 3.97. The van der Waals surface area contributed by atoms with E-state index in [1.807, 2.05) is 0 Å². The smallest absolute Gasteiger partial charge is 0.143 e. The maximum atomic E-state index is 13.9. The molecule has 0 aliphatic carbocycles. The van der Waals surface area contributed by atoms with Crippen LogP contribution in [0.4, 0.5) is 8.78 Å². The fraction of sp³-hybridized carbons (Fsp3) is 0.200. The molecule has 1 atom stereocenters. The molecule has 1 nitrogen and oxygen atoms in total. The minimum Gasteiger partial charge on any atom is -0.388 e. The van der Waals surface area contributed by atoms with E-state index in [-0.39, 0.29) is 16.5 Å². The molecule has 2 aromatic carbocycles. The summed E-state index contributed by atoms with van der Waals surface area (Å²) >= 11 is 8.85. The monoisotopic (exact) mass is 360 g/mol. The molecule has 20 heavy (non-hydrogen) atoms. The number of hydrogen-bond acceptors (Lipinski definition) is 1. The van der Waals surface area contributed by atoms with Gasteiger partial charge in [-0.2, -0.15) is 0 Å². The van der Waals surface area contributed by atoms with Crippen LogP contribution in [0.3, 0.4) is 0 Å². The zero-order chi connectivity index (χ0) is 14.9. The average Bonchev–Trinajstić information content (AvgIpc) is 2.39. The minimum atomic E-state index is -0.995. The Bertz CT molecular complexity index is 646. The van der Waals surface area contributed by atoms with Crippen LogP contribution >= 0.6 is 27.5 Å². The van der Waals surface area contributed by atoms with Crippen LogP contribution in [0, 0.1) is 18.6 Å². The molecule has 0 spiro atoms. The van der Waals surface area contributed by atoms with Crippen molar-refractivity contribution in [3.63, 3.8) is 0 Å². The lowest BCUT2D eigenvalue weighted by Gasteiger charge is -2.15. The summed E-state index contributed by atoms with van der Waals surface area (Å²) in [5.41, 5.74) is 1.25. The zero-order valence-corrected chi connectivity index (χ0v) is 13.0. The summed E-state index contributed by atoms with van der Waals surface area (Å²) in [5.74, 6) is -1.35. The van der Waals surface area contributed by atoms with E-state index in [1.54, 1.807) is 25.1 Å². The SMILES string of the molecule is Cc1cc(Cl)ccc1C(O)Cc1c(F)ccc(Br)c1F. The summed E-state index contributed by atoms with van der Waals surface area (Å²) in [5, 5.41) is 10.7. The second kappa shape index (κ2) is 6.20. The van der Waals surface area contributed by atoms with Crippen molar-refractivity contribution in [2.75, 3.05) is 0 Å². The second-order valence-electron chi connectivity index (χ2n) is 4.54. The van der Waals surface area contributed by atoms with Crippen molar-refractivity contribution >= 4 is 27.5 Å². The van der Waals surface area contributed by atoms with E-state index in [9.17, 15) is 13.9 Å². The molecule has 0 radical (unpaired) electrons. The molecule has 0 saturated heterocycles. The Balaban J connectivity index is 2.32. The molecule has 0 fully saturated rings. The Morgan fingerprint density at radius 1 is 1.25 bits per heavy atom. The number of aliphatic hydroxyl groups is 1. The predicted octanol–water partition coefficient (Wildman–Crippen LogP) is 4.97. The Kier molecular flexibility index (Phi) is 4.78. The van der Waals surface area contributed by atoms with Crippen molar-refractivity contribution in [2.45, 2.75) is 19.4 Å². The van der Waals surface area contributed by atoms with Crippen LogP contribution in [0.2, 0.25) is 5.02 Å². The van der Waals surface area contributed by atoms with Gasteiger partial charge in [-0.1, -0.05) is 17.7 Å². The van der Waals surface area contributed by atoms with Crippen molar-refractivity contribution in [3.8, 4) is 0 Å². The lowest BCUT2D eigenvalue weighted by atomic mass is 9.97. The summed E-state index contributed by atoms with van der Waals surface area (Å²) in [6.45, 7) is 1.79. The molecule has 1 unspecified atom stereocenters. The highest BCUT2D eigenvalue weighted by Crippen LogP contribution is 2.28. The van der Waals surface area contributed by atoms with Crippen LogP contribution in [-0.2, 0) is 6.42 Å². The predicted molar refractivity (Wildman–Crippen MR) is 78.9 cm³/mol. The van der Waals surface area contributed by atoms with Gasteiger partial charge < -0.3 is 5.11 Å². The topological polar surface area (TPSA) is 20.2 Å². The summed E-state index contributed by atoms with van der Waals surface area (Å²) in [7, 11) is 0. The summed E-state index contributed by atoms with van der Waals surface area (Å²) < 4.78 is 27.7. The second-order valence-corrected chi connectivity index (χ2v) is 5.83. The Labute approximate surface area is 129 Å². The van der Waals surface area contributed by atoms with Gasteiger partial charge in [0, 0.05) is 17.0 Å². The molecule has 1 N–H and O–H groups in total. The third kappa shape index (κ3) is 3.19. The number of hydrogen-bond donors (Lipinski definition) is 1. The lowest BCUT2D eigenvalue weighted by Crippen LogP contribution is -2.07. The first kappa shape index (κ1) is 15.4. The van der Waals surface area contributed by atoms with Crippen LogP contribution in [0.25, 0.3) is 0 Å². The van der Waals surface area contributed by atoms with Gasteiger partial charge in [0.1, 0.15) is 11.6 Å². The Morgan fingerprint density at radius 3 is 2.60 bits per heavy atom. The van der Waals surface area contributed by atoms with Crippen molar-refractivity contribution in [1.29, 1.82) is 0 Å². The fourth-order valence-electron chi connectivity index (χ4n) is 2.07. The van der Waals surface area contributed by atoms with Gasteiger partial charge in [-0.15, -0.1) is 0 Å². The zero-order valence-electron chi connectivity index (χ0n) is 10.6. The van der Waals surface area contributed by atoms with E-state index < -0.39 is 17.7 Å². The normalized spacial score (nSPS) is 12.5. The first-order valence-corrected chi connectivity index (χ1v) is 7.13. The quantitative estimate of drug-likeness (QED) is 0.766. The molecule has 5 heteroatoms. The third-order valence-electron chi connectivity index (χ3n) is 3.13. The highest BCUT2D eigenvalue weighted by molar-refractivity contribution is 9.10. The first-order chi connectivity index (χ1) is 9.40. The fourth-order valence-corrected chi connectivity index (χ4v) is 2.67. The molecule has 106 valence electrons. The highest BCUT2D eigenvalue weighted by atomic mass is 79.9. The van der Waals surface area contributed by atoms with Gasteiger partial charge in [0.05, 0.1) is 10.6 Å². The van der Waals surface area contributed by atoms with Crippen LogP contribution < -0.4 is 0 Å². The van der Waals surface area contributed by atoms with Crippen molar-refractivity contribution in [2.24, 2.45) is 0 Å². The van der Waals surface area contributed by atoms with Gasteiger partial charge in [0.15, 0.2) is 0 Å². The van der Waals surface area contributed by atoms with Gasteiger partial charge >= 0.3 is 0 Å². The standard InChI is InChI=1S/C15H12BrClF2O/c1-8-6-9(17)2-3-10(8)14(20)7-11-13(18)5-4-12(16)15(11)19/h2-6,14,20H,7H2,1H3. The maximum absolute atomic E-state index is 13.9. The molecule has 0 aliphatic rings. The highest BCUT2D eigenvalue weighted by Gasteiger charge is 2.18. The molecule has 0 amide bonds. The van der Waals surface area contributed by atoms with E-state index in [4.69, 9.17) is 11.6 Å². The van der Waals surface area contributed by atoms with Gasteiger partial charge in [0.2, 0.25) is 0 Å². The number of benzene rings is 2. The molecule has 0 heterocycles. The van der Waals surface area contributed by atoms with E-state index in [0.29, 0.717) is 10.6 Å². The molecule has 0 aromatic heterocycles. The van der Waals surface area contributed by atoms with E-state index in [1.165, 1.54) is 12.1 Å². The average molecular weight is 362 g/mol. The number of aryl methyl sites for hydroxylation is 1. The van der Waals surface area contributed by atoms with Gasteiger partial charge in [-0.25, -0.2) is 8.78 Å². The van der Waals surface area contributed by atoms with Crippen molar-refractivity contribution < 1.29 is 13.9 Å². The first-order valence-electron chi connectivity index (χ1n) is 5.96. The van der Waals surface area contributed by atoms with Crippen molar-refractivity contribution in [3.05, 3.63) is 68.2 Å². The summed E-state index contributed by atoms with van der Waals surface area (Å²) in [4.78, 5) is 0. The Morgan fingerprint density at radius 2 is 1.95 bits per heavy atom. The summed E-state index contributed by atoms with van der Waals surface area (Å²) in [6.07, 6.45) is -1.13. The molecular weight excluding hydrogens is 350 g/mol. The van der Waals surface area contributed by atoms with Gasteiger partial charge in [-0.3, -0.25) is 0 Å². The van der Waals surface area contributed by atoms with E-state index in [0.717, 1.165) is 5.56 Å². The number of rotatable bonds is 3. The molecular formula is C15H12BrClF2O. The van der Waals surface area contributed by atoms with E-state index >= 15 is 0 Å². The van der Waals surface area contributed by atoms with Gasteiger partial charge in [0.25, 0.3) is 0 Å². The van der Waals surface area contributed by atoms with Crippen LogP contribution in [-0.4, -0.2) is 5.11 Å². The molecule has 0 bridgehead atoms. The van der Waals surface area contributed by atoms with Crippen LogP contribution in [0.1, 0.15) is 22.8 Å². The van der Waals surface area contributed by atoms with Crippen molar-refractivity contribution in [1.82, 2.24) is 0 Å². The molecule has 0 aliphatic heterocycles. The van der Waals surface area contributed by atoms with E-state index in [2.05, 4.69) is 15.9 Å². The minimum absolute atomic E-state index is 0.138. The van der Waals surface area contributed by atoms with Gasteiger partial charge in [-0.05, 0) is 58.2 Å². The molecule has 2 rings (SSSR count). The Hall–Kier alpha value is -0.970. The summed E-state index contributed by atoms with van der Waals surface area (Å²) in [6, 6.07) is 7.47. The number of aliphatic hydroxyl groups excluding tert-OH is 1. The van der Waals surface area contributed by atoms with Crippen LogP contribution in [0.5, 0.6) is 0 Å². The largest absolute Gasteiger partial charge is 0.388 e.